The number of carbonyl (C=O) groups excluding carboxylic acids is 1. The molecule has 1 aliphatic heterocycles. The van der Waals surface area contributed by atoms with Gasteiger partial charge in [-0.1, -0.05) is 0 Å². The molecule has 3 rings (SSSR count). The molecule has 0 radical (unpaired) electrons. The van der Waals surface area contributed by atoms with Gasteiger partial charge in [-0.2, -0.15) is 0 Å². The van der Waals surface area contributed by atoms with E-state index in [9.17, 15) is 9.18 Å². The molecular weight excluding hydrogens is 315 g/mol. The van der Waals surface area contributed by atoms with Crippen LogP contribution in [0.4, 0.5) is 4.39 Å². The maximum Gasteiger partial charge on any atom is 0.189 e. The first-order chi connectivity index (χ1) is 11.6. The normalized spacial score (nSPS) is 13.0. The highest BCUT2D eigenvalue weighted by atomic mass is 19.1. The summed E-state index contributed by atoms with van der Waals surface area (Å²) >= 11 is 0. The lowest BCUT2D eigenvalue weighted by Gasteiger charge is -2.21. The summed E-state index contributed by atoms with van der Waals surface area (Å²) in [4.78, 5) is 11.4. The van der Waals surface area contributed by atoms with Crippen molar-refractivity contribution in [3.05, 3.63) is 52.8 Å². The fourth-order valence-corrected chi connectivity index (χ4v) is 2.53. The van der Waals surface area contributed by atoms with E-state index < -0.39 is 0 Å². The molecule has 0 aromatic heterocycles. The van der Waals surface area contributed by atoms with Gasteiger partial charge in [0, 0.05) is 16.7 Å². The summed E-state index contributed by atoms with van der Waals surface area (Å²) in [6.45, 7) is 2.02. The number of ketones is 1. The van der Waals surface area contributed by atoms with Crippen molar-refractivity contribution < 1.29 is 28.1 Å². The predicted octanol–water partition coefficient (Wildman–Crippen LogP) is 3.48. The number of rotatable bonds is 5. The number of carbonyl (C=O) groups is 1. The van der Waals surface area contributed by atoms with Crippen LogP contribution in [0.3, 0.4) is 0 Å². The van der Waals surface area contributed by atoms with Gasteiger partial charge in [-0.25, -0.2) is 4.39 Å². The van der Waals surface area contributed by atoms with Gasteiger partial charge in [0.15, 0.2) is 24.1 Å². The molecule has 2 aromatic carbocycles. The molecule has 0 spiro atoms. The Morgan fingerprint density at radius 3 is 2.83 bits per heavy atom. The number of methoxy groups -OCH3 is 1. The van der Waals surface area contributed by atoms with Gasteiger partial charge in [0.1, 0.15) is 18.2 Å². The van der Waals surface area contributed by atoms with Gasteiger partial charge in [0.05, 0.1) is 13.7 Å². The molecule has 1 heterocycles. The number of Topliss-reactive ketones (excluding diaryl/α,β-unsaturated/α-hetero) is 1. The number of hydrogen-bond donors (Lipinski definition) is 0. The Hall–Kier alpha value is -2.60. The van der Waals surface area contributed by atoms with Crippen molar-refractivity contribution in [2.24, 2.45) is 0 Å². The molecule has 0 saturated carbocycles. The third-order valence-electron chi connectivity index (χ3n) is 3.71. The van der Waals surface area contributed by atoms with Crippen LogP contribution in [0.25, 0.3) is 0 Å². The van der Waals surface area contributed by atoms with Crippen LogP contribution in [-0.2, 0) is 18.0 Å². The number of benzene rings is 2. The smallest absolute Gasteiger partial charge is 0.189 e. The van der Waals surface area contributed by atoms with E-state index in [0.29, 0.717) is 40.5 Å². The molecule has 6 heteroatoms. The minimum atomic E-state index is -0.375. The second-order valence-corrected chi connectivity index (χ2v) is 5.37. The molecule has 0 saturated heterocycles. The maximum absolute atomic E-state index is 13.7. The fourth-order valence-electron chi connectivity index (χ4n) is 2.53. The Kier molecular flexibility index (Phi) is 4.66. The number of fused-ring (bicyclic) bond motifs is 1. The van der Waals surface area contributed by atoms with Crippen LogP contribution < -0.4 is 14.2 Å². The number of hydrogen-bond acceptors (Lipinski definition) is 5. The Morgan fingerprint density at radius 1 is 1.25 bits per heavy atom. The van der Waals surface area contributed by atoms with Gasteiger partial charge in [-0.3, -0.25) is 4.79 Å². The molecule has 5 nitrogen and oxygen atoms in total. The van der Waals surface area contributed by atoms with Gasteiger partial charge >= 0.3 is 0 Å². The maximum atomic E-state index is 13.7. The average molecular weight is 332 g/mol. The average Bonchev–Trinajstić information content (AvgIpc) is 2.59. The molecule has 0 amide bonds. The molecule has 0 N–H and O–H groups in total. The van der Waals surface area contributed by atoms with Crippen LogP contribution in [0.1, 0.15) is 28.4 Å². The van der Waals surface area contributed by atoms with Crippen molar-refractivity contribution in [3.8, 4) is 17.2 Å². The summed E-state index contributed by atoms with van der Waals surface area (Å²) in [5.74, 6) is 1.06. The van der Waals surface area contributed by atoms with E-state index in [2.05, 4.69) is 0 Å². The molecule has 126 valence electrons. The monoisotopic (exact) mass is 332 g/mol. The van der Waals surface area contributed by atoms with Gasteiger partial charge in [0.2, 0.25) is 0 Å². The summed E-state index contributed by atoms with van der Waals surface area (Å²) in [5, 5.41) is 0. The lowest BCUT2D eigenvalue weighted by Crippen LogP contribution is -2.14. The Balaban J connectivity index is 1.84. The summed E-state index contributed by atoms with van der Waals surface area (Å²) in [5.41, 5.74) is 1.77. The Bertz CT molecular complexity index is 772. The van der Waals surface area contributed by atoms with Crippen molar-refractivity contribution in [2.45, 2.75) is 20.1 Å². The van der Waals surface area contributed by atoms with Crippen molar-refractivity contribution in [2.75, 3.05) is 13.9 Å². The van der Waals surface area contributed by atoms with Crippen LogP contribution in [0, 0.1) is 5.82 Å². The van der Waals surface area contributed by atoms with Gasteiger partial charge < -0.3 is 18.9 Å². The summed E-state index contributed by atoms with van der Waals surface area (Å²) in [6, 6.07) is 7.70. The SMILES string of the molecule is COc1cc(C(C)=O)ccc1OCc1cc(F)cc2c1OCOC2. The molecule has 0 aliphatic carbocycles. The van der Waals surface area contributed by atoms with E-state index in [0.717, 1.165) is 0 Å². The largest absolute Gasteiger partial charge is 0.493 e. The molecule has 1 aliphatic rings. The zero-order valence-corrected chi connectivity index (χ0v) is 13.4. The Labute approximate surface area is 138 Å². The standard InChI is InChI=1S/C18H17FO5/c1-11(20)12-3-4-16(17(7-12)21-2)23-9-14-6-15(19)5-13-8-22-10-24-18(13)14/h3-7H,8-10H2,1-2H3. The van der Waals surface area contributed by atoms with Crippen molar-refractivity contribution in [3.63, 3.8) is 0 Å². The number of halogens is 1. The minimum Gasteiger partial charge on any atom is -0.493 e. The minimum absolute atomic E-state index is 0.0625. The molecule has 24 heavy (non-hydrogen) atoms. The lowest BCUT2D eigenvalue weighted by atomic mass is 10.1. The van der Waals surface area contributed by atoms with Crippen molar-refractivity contribution in [1.29, 1.82) is 0 Å². The van der Waals surface area contributed by atoms with Crippen molar-refractivity contribution in [1.82, 2.24) is 0 Å². The van der Waals surface area contributed by atoms with E-state index in [1.165, 1.54) is 26.2 Å². The van der Waals surface area contributed by atoms with E-state index in [1.807, 2.05) is 0 Å². The lowest BCUT2D eigenvalue weighted by molar-refractivity contribution is -0.0178. The second-order valence-electron chi connectivity index (χ2n) is 5.37. The summed E-state index contributed by atoms with van der Waals surface area (Å²) in [7, 11) is 1.50. The van der Waals surface area contributed by atoms with Crippen LogP contribution in [0.2, 0.25) is 0 Å². The molecule has 2 aromatic rings. The quantitative estimate of drug-likeness (QED) is 0.785. The topological polar surface area (TPSA) is 54.0 Å². The van der Waals surface area contributed by atoms with Gasteiger partial charge in [-0.15, -0.1) is 0 Å². The molecule has 0 bridgehead atoms. The second kappa shape index (κ2) is 6.88. The highest BCUT2D eigenvalue weighted by molar-refractivity contribution is 5.94. The summed E-state index contributed by atoms with van der Waals surface area (Å²) in [6.07, 6.45) is 0. The first kappa shape index (κ1) is 16.3. The van der Waals surface area contributed by atoms with Crippen LogP contribution in [0.5, 0.6) is 17.2 Å². The van der Waals surface area contributed by atoms with E-state index in [1.54, 1.807) is 18.2 Å². The summed E-state index contributed by atoms with van der Waals surface area (Å²) < 4.78 is 35.4. The van der Waals surface area contributed by atoms with Gasteiger partial charge in [0.25, 0.3) is 0 Å². The highest BCUT2D eigenvalue weighted by Crippen LogP contribution is 2.33. The van der Waals surface area contributed by atoms with Crippen molar-refractivity contribution >= 4 is 5.78 Å². The molecule has 0 unspecified atom stereocenters. The van der Waals surface area contributed by atoms with E-state index in [-0.39, 0.29) is 25.0 Å². The van der Waals surface area contributed by atoms with E-state index >= 15 is 0 Å². The molecule has 0 fully saturated rings. The fraction of sp³-hybridized carbons (Fsp3) is 0.278. The highest BCUT2D eigenvalue weighted by Gasteiger charge is 2.18. The van der Waals surface area contributed by atoms with Crippen LogP contribution in [-0.4, -0.2) is 19.7 Å². The first-order valence-electron chi connectivity index (χ1n) is 7.42. The number of ether oxygens (including phenoxy) is 4. The zero-order chi connectivity index (χ0) is 17.1. The zero-order valence-electron chi connectivity index (χ0n) is 13.4. The third kappa shape index (κ3) is 3.33. The third-order valence-corrected chi connectivity index (χ3v) is 3.71. The Morgan fingerprint density at radius 2 is 2.08 bits per heavy atom. The van der Waals surface area contributed by atoms with Crippen LogP contribution >= 0.6 is 0 Å². The first-order valence-corrected chi connectivity index (χ1v) is 7.42. The van der Waals surface area contributed by atoms with E-state index in [4.69, 9.17) is 18.9 Å². The van der Waals surface area contributed by atoms with Gasteiger partial charge in [-0.05, 0) is 37.3 Å². The molecule has 0 atom stereocenters. The van der Waals surface area contributed by atoms with Crippen LogP contribution in [0.15, 0.2) is 30.3 Å². The predicted molar refractivity (Wildman–Crippen MR) is 84.0 cm³/mol. The molecular formula is C18H17FO5.